The van der Waals surface area contributed by atoms with Gasteiger partial charge in [0.2, 0.25) is 0 Å². The Bertz CT molecular complexity index is 2720. The van der Waals surface area contributed by atoms with Crippen molar-refractivity contribution < 1.29 is 24.2 Å². The number of aromatic amines is 2. The van der Waals surface area contributed by atoms with Crippen LogP contribution < -0.4 is 0 Å². The molecule has 2 aromatic carbocycles. The van der Waals surface area contributed by atoms with Crippen molar-refractivity contribution >= 4 is 56.9 Å². The smallest absolute Gasteiger partial charge is 0.305 e. The number of carbonyl (C=O) groups is 2. The molecule has 0 radical (unpaired) electrons. The Morgan fingerprint density at radius 3 is 2.14 bits per heavy atom. The van der Waals surface area contributed by atoms with Crippen LogP contribution in [0.3, 0.4) is 0 Å². The van der Waals surface area contributed by atoms with Crippen molar-refractivity contribution in [3.05, 3.63) is 154 Å². The number of nitrogens with one attached hydrogen (secondary N) is 2. The van der Waals surface area contributed by atoms with Gasteiger partial charge in [-0.1, -0.05) is 79.4 Å². The van der Waals surface area contributed by atoms with Gasteiger partial charge in [-0.2, -0.15) is 0 Å². The van der Waals surface area contributed by atoms with Gasteiger partial charge in [0.1, 0.15) is 5.60 Å². The summed E-state index contributed by atoms with van der Waals surface area (Å²) in [6.45, 7) is 14.0. The van der Waals surface area contributed by atoms with Gasteiger partial charge in [0.15, 0.2) is 0 Å². The number of fused-ring (bicyclic) bond motifs is 8. The number of methoxy groups -OCH3 is 2. The average Bonchev–Trinajstić information content (AvgIpc) is 3.87. The molecule has 0 amide bonds. The Kier molecular flexibility index (Phi) is 11.5. The Morgan fingerprint density at radius 2 is 1.42 bits per heavy atom. The average molecular weight is 787 g/mol. The van der Waals surface area contributed by atoms with Gasteiger partial charge in [-0.15, -0.1) is 0 Å². The predicted octanol–water partition coefficient (Wildman–Crippen LogP) is 10.4. The second-order valence-electron chi connectivity index (χ2n) is 15.3. The van der Waals surface area contributed by atoms with Crippen LogP contribution in [0.4, 0.5) is 0 Å². The van der Waals surface area contributed by atoms with E-state index in [1.54, 1.807) is 13.0 Å². The van der Waals surface area contributed by atoms with Gasteiger partial charge in [0, 0.05) is 40.7 Å². The van der Waals surface area contributed by atoms with E-state index < -0.39 is 5.60 Å². The second kappa shape index (κ2) is 16.7. The van der Waals surface area contributed by atoms with Gasteiger partial charge in [-0.3, -0.25) is 9.59 Å². The van der Waals surface area contributed by atoms with E-state index in [0.717, 1.165) is 66.8 Å². The molecule has 59 heavy (non-hydrogen) atoms. The molecule has 5 heterocycles. The fraction of sp³-hybridized carbons (Fsp3) is 0.240. The molecule has 3 aliphatic rings. The molecule has 9 heteroatoms. The van der Waals surface area contributed by atoms with Gasteiger partial charge < -0.3 is 24.5 Å². The minimum Gasteiger partial charge on any atom is -0.469 e. The lowest BCUT2D eigenvalue weighted by Gasteiger charge is -2.19. The van der Waals surface area contributed by atoms with Crippen molar-refractivity contribution in [2.75, 3.05) is 14.2 Å². The fourth-order valence-electron chi connectivity index (χ4n) is 8.08. The molecular weight excluding hydrogens is 737 g/mol. The Balaban J connectivity index is 1.49. The quantitative estimate of drug-likeness (QED) is 0.136. The van der Waals surface area contributed by atoms with E-state index in [1.807, 2.05) is 81.5 Å². The number of carbonyl (C=O) groups excluding carboxylic acids is 2. The number of hydrogen-bond donors (Lipinski definition) is 3. The van der Waals surface area contributed by atoms with E-state index in [2.05, 4.69) is 53.8 Å². The van der Waals surface area contributed by atoms with E-state index in [9.17, 15) is 14.7 Å². The Hall–Kier alpha value is -6.58. The number of H-pyrrole nitrogens is 2. The van der Waals surface area contributed by atoms with E-state index in [1.165, 1.54) is 19.8 Å². The van der Waals surface area contributed by atoms with Gasteiger partial charge >= 0.3 is 11.9 Å². The van der Waals surface area contributed by atoms with Crippen LogP contribution in [0.1, 0.15) is 96.5 Å². The summed E-state index contributed by atoms with van der Waals surface area (Å²) in [6.07, 6.45) is 9.00. The maximum absolute atomic E-state index is 12.5. The van der Waals surface area contributed by atoms with Crippen molar-refractivity contribution in [1.82, 2.24) is 19.9 Å². The maximum Gasteiger partial charge on any atom is 0.305 e. The van der Waals surface area contributed by atoms with Crippen LogP contribution >= 0.6 is 0 Å². The number of aryl methyl sites for hydroxylation is 3. The van der Waals surface area contributed by atoms with Crippen LogP contribution in [0.25, 0.3) is 56.1 Å². The number of nitrogens with zero attached hydrogens (tertiary/aromatic N) is 2. The highest BCUT2D eigenvalue weighted by Gasteiger charge is 2.36. The molecule has 0 saturated heterocycles. The first-order valence-corrected chi connectivity index (χ1v) is 19.8. The fourth-order valence-corrected chi connectivity index (χ4v) is 8.08. The minimum atomic E-state index is -1.45. The summed E-state index contributed by atoms with van der Waals surface area (Å²) < 4.78 is 10.0. The van der Waals surface area contributed by atoms with Gasteiger partial charge in [0.05, 0.1) is 42.7 Å². The minimum absolute atomic E-state index is 0.174. The third-order valence-electron chi connectivity index (χ3n) is 11.6. The normalized spacial score (nSPS) is 16.5. The molecule has 4 aromatic rings. The van der Waals surface area contributed by atoms with E-state index in [0.29, 0.717) is 46.9 Å². The monoisotopic (exact) mass is 786 g/mol. The van der Waals surface area contributed by atoms with Crippen molar-refractivity contribution in [1.29, 1.82) is 0 Å². The zero-order valence-electron chi connectivity index (χ0n) is 34.7. The van der Waals surface area contributed by atoms with Crippen LogP contribution in [0.2, 0.25) is 0 Å². The predicted molar refractivity (Wildman–Crippen MR) is 237 cm³/mol. The number of aromatic nitrogens is 4. The summed E-state index contributed by atoms with van der Waals surface area (Å²) >= 11 is 0. The molecule has 0 saturated carbocycles. The van der Waals surface area contributed by atoms with Crippen LogP contribution in [0.15, 0.2) is 97.6 Å². The largest absolute Gasteiger partial charge is 0.469 e. The summed E-state index contributed by atoms with van der Waals surface area (Å²) in [4.78, 5) is 42.2. The molecular formula is C50H50N4O5. The van der Waals surface area contributed by atoms with Crippen LogP contribution in [-0.4, -0.2) is 51.2 Å². The number of hydrogen-bond acceptors (Lipinski definition) is 7. The topological polar surface area (TPSA) is 130 Å². The lowest BCUT2D eigenvalue weighted by atomic mass is 9.91. The van der Waals surface area contributed by atoms with Crippen LogP contribution in [0.5, 0.6) is 0 Å². The number of ether oxygens (including phenoxy) is 2. The molecule has 3 aliphatic heterocycles. The molecule has 3 N–H and O–H groups in total. The Morgan fingerprint density at radius 1 is 0.780 bits per heavy atom. The molecule has 0 fully saturated rings. The van der Waals surface area contributed by atoms with Crippen molar-refractivity contribution in [2.24, 2.45) is 0 Å². The standard InChI is InChI=1S/C50H50N4O5/c1-9-34-30(3)40-25-41-31(4)36(21-23-48(55)58-7)43(51-41)27-44-37(22-24-49(56)59-8)32(5)42(52-44)26-46-39(50(6,57)47(54-46)28-45(34)53-40)20-14-17-33-16-11-13-19-38(33)35-18-12-10-15-29(35)2/h9-20,25-28,51,54,57H,1,21-24H2,2-8H3/b17-14+,39-20-,40-25?,44-27?,46-26?,47-28?/t50-/m0/s1. The molecule has 7 rings (SSSR count). The van der Waals surface area contributed by atoms with E-state index in [-0.39, 0.29) is 24.8 Å². The highest BCUT2D eigenvalue weighted by molar-refractivity contribution is 5.97. The first-order chi connectivity index (χ1) is 28.3. The van der Waals surface area contributed by atoms with Crippen molar-refractivity contribution in [2.45, 2.75) is 65.9 Å². The first kappa shape index (κ1) is 40.6. The van der Waals surface area contributed by atoms with Gasteiger partial charge in [-0.05, 0) is 122 Å². The van der Waals surface area contributed by atoms with Crippen molar-refractivity contribution in [3.63, 3.8) is 0 Å². The van der Waals surface area contributed by atoms with Gasteiger partial charge in [-0.25, -0.2) is 9.97 Å². The lowest BCUT2D eigenvalue weighted by molar-refractivity contribution is -0.141. The highest BCUT2D eigenvalue weighted by Crippen LogP contribution is 2.42. The van der Waals surface area contributed by atoms with Crippen LogP contribution in [-0.2, 0) is 31.1 Å². The SMILES string of the molecule is C=CC1=C(C)c2cc3[nH]c(cc4nc(cc5[nH]c(cc1n2)[C@@](C)(O)/C5=C\C=C\c1ccccc1-c1ccccc1C)C(C)=C4CCC(=O)OC)c(CCC(=O)OC)c3C. The third kappa shape index (κ3) is 7.98. The van der Waals surface area contributed by atoms with E-state index >= 15 is 0 Å². The molecule has 8 bridgehead atoms. The van der Waals surface area contributed by atoms with E-state index in [4.69, 9.17) is 19.4 Å². The molecule has 0 unspecified atom stereocenters. The summed E-state index contributed by atoms with van der Waals surface area (Å²) in [7, 11) is 2.78. The molecule has 9 nitrogen and oxygen atoms in total. The van der Waals surface area contributed by atoms with Crippen LogP contribution in [0, 0.1) is 13.8 Å². The number of benzene rings is 2. The molecule has 0 aliphatic carbocycles. The molecule has 2 aromatic heterocycles. The highest BCUT2D eigenvalue weighted by atomic mass is 16.5. The summed E-state index contributed by atoms with van der Waals surface area (Å²) in [5, 5.41) is 12.5. The summed E-state index contributed by atoms with van der Waals surface area (Å²) in [5.41, 5.74) is 14.9. The summed E-state index contributed by atoms with van der Waals surface area (Å²) in [5.74, 6) is -0.619. The van der Waals surface area contributed by atoms with Crippen molar-refractivity contribution in [3.8, 4) is 11.1 Å². The zero-order chi connectivity index (χ0) is 42.0. The molecule has 300 valence electrons. The molecule has 0 spiro atoms. The Labute approximate surface area is 345 Å². The number of rotatable bonds is 10. The van der Waals surface area contributed by atoms with Gasteiger partial charge in [0.25, 0.3) is 0 Å². The summed E-state index contributed by atoms with van der Waals surface area (Å²) in [6, 6.07) is 24.5. The molecule has 1 atom stereocenters. The zero-order valence-corrected chi connectivity index (χ0v) is 34.7. The lowest BCUT2D eigenvalue weighted by Crippen LogP contribution is -2.19. The number of esters is 2. The number of allylic oxidation sites excluding steroid dienone is 7. The number of aliphatic hydroxyl groups is 1. The first-order valence-electron chi connectivity index (χ1n) is 19.8. The maximum atomic E-state index is 12.5. The third-order valence-corrected chi connectivity index (χ3v) is 11.6. The second-order valence-corrected chi connectivity index (χ2v) is 15.3.